The van der Waals surface area contributed by atoms with Gasteiger partial charge in [-0.3, -0.25) is 9.59 Å². The van der Waals surface area contributed by atoms with Crippen LogP contribution in [0.4, 0.5) is 0 Å². The summed E-state index contributed by atoms with van der Waals surface area (Å²) < 4.78 is 0.876. The molecule has 1 saturated heterocycles. The number of benzene rings is 1. The molecule has 1 aliphatic heterocycles. The Bertz CT molecular complexity index is 521. The van der Waals surface area contributed by atoms with Crippen molar-refractivity contribution >= 4 is 40.4 Å². The summed E-state index contributed by atoms with van der Waals surface area (Å²) in [6.07, 6.45) is 0.798. The van der Waals surface area contributed by atoms with Crippen LogP contribution in [0.15, 0.2) is 27.6 Å². The summed E-state index contributed by atoms with van der Waals surface area (Å²) in [5.74, 6) is -0.162. The van der Waals surface area contributed by atoms with Crippen molar-refractivity contribution in [3.05, 3.63) is 28.2 Å². The van der Waals surface area contributed by atoms with Gasteiger partial charge in [-0.25, -0.2) is 0 Å². The molecule has 0 spiro atoms. The molecule has 1 aromatic rings. The summed E-state index contributed by atoms with van der Waals surface area (Å²) in [6.45, 7) is 1.42. The van der Waals surface area contributed by atoms with Crippen molar-refractivity contribution in [2.75, 3.05) is 26.7 Å². The SMILES string of the molecule is CN1CCCN(C(=O)c2ccc(Br)cc2S)CC1=O. The minimum atomic E-state index is -0.138. The number of carbonyl (C=O) groups is 2. The molecule has 1 aliphatic rings. The highest BCUT2D eigenvalue weighted by atomic mass is 79.9. The number of halogens is 1. The molecule has 2 rings (SSSR count). The smallest absolute Gasteiger partial charge is 0.255 e. The summed E-state index contributed by atoms with van der Waals surface area (Å²) in [6, 6.07) is 5.31. The largest absolute Gasteiger partial charge is 0.344 e. The molecule has 0 aliphatic carbocycles. The van der Waals surface area contributed by atoms with Gasteiger partial charge in [0.25, 0.3) is 5.91 Å². The lowest BCUT2D eigenvalue weighted by Gasteiger charge is -2.20. The Morgan fingerprint density at radius 2 is 2.11 bits per heavy atom. The first-order valence-corrected chi connectivity index (χ1v) is 7.25. The van der Waals surface area contributed by atoms with Gasteiger partial charge < -0.3 is 9.80 Å². The molecular weight excluding hydrogens is 328 g/mol. The molecule has 4 nitrogen and oxygen atoms in total. The standard InChI is InChI=1S/C13H15BrN2O2S/c1-15-5-2-6-16(8-12(15)17)13(18)10-4-3-9(14)7-11(10)19/h3-4,7,19H,2,5-6,8H2,1H3. The van der Waals surface area contributed by atoms with Crippen LogP contribution in [0.3, 0.4) is 0 Å². The Morgan fingerprint density at radius 1 is 1.37 bits per heavy atom. The normalized spacial score (nSPS) is 16.5. The van der Waals surface area contributed by atoms with Crippen LogP contribution in [0.25, 0.3) is 0 Å². The summed E-state index contributed by atoms with van der Waals surface area (Å²) in [7, 11) is 1.76. The third kappa shape index (κ3) is 3.30. The first kappa shape index (κ1) is 14.4. The van der Waals surface area contributed by atoms with Crippen LogP contribution in [-0.2, 0) is 4.79 Å². The van der Waals surface area contributed by atoms with E-state index in [2.05, 4.69) is 28.6 Å². The molecule has 6 heteroatoms. The fraction of sp³-hybridized carbons (Fsp3) is 0.385. The van der Waals surface area contributed by atoms with Crippen LogP contribution in [0, 0.1) is 0 Å². The van der Waals surface area contributed by atoms with Crippen LogP contribution < -0.4 is 0 Å². The van der Waals surface area contributed by atoms with E-state index < -0.39 is 0 Å². The van der Waals surface area contributed by atoms with E-state index in [9.17, 15) is 9.59 Å². The molecule has 0 radical (unpaired) electrons. The van der Waals surface area contributed by atoms with Crippen molar-refractivity contribution in [1.82, 2.24) is 9.80 Å². The van der Waals surface area contributed by atoms with Crippen LogP contribution in [-0.4, -0.2) is 48.3 Å². The molecule has 0 saturated carbocycles. The quantitative estimate of drug-likeness (QED) is 0.793. The molecule has 2 amide bonds. The predicted octanol–water partition coefficient (Wildman–Crippen LogP) is 2.04. The number of hydrogen-bond acceptors (Lipinski definition) is 3. The maximum atomic E-state index is 12.4. The molecule has 0 aromatic heterocycles. The fourth-order valence-electron chi connectivity index (χ4n) is 2.02. The molecule has 102 valence electrons. The van der Waals surface area contributed by atoms with Gasteiger partial charge >= 0.3 is 0 Å². The van der Waals surface area contributed by atoms with Gasteiger partial charge in [-0.15, -0.1) is 12.6 Å². The first-order chi connectivity index (χ1) is 8.99. The lowest BCUT2D eigenvalue weighted by atomic mass is 10.2. The second-order valence-corrected chi connectivity index (χ2v) is 5.95. The number of hydrogen-bond donors (Lipinski definition) is 1. The van der Waals surface area contributed by atoms with Gasteiger partial charge in [0.05, 0.1) is 5.56 Å². The van der Waals surface area contributed by atoms with E-state index in [0.29, 0.717) is 23.5 Å². The number of likely N-dealkylation sites (N-methyl/N-ethyl adjacent to an activating group) is 1. The number of carbonyl (C=O) groups excluding carboxylic acids is 2. The summed E-state index contributed by atoms with van der Waals surface area (Å²) in [5.41, 5.74) is 0.531. The number of amides is 2. The van der Waals surface area contributed by atoms with Crippen molar-refractivity contribution < 1.29 is 9.59 Å². The minimum absolute atomic E-state index is 0.0244. The van der Waals surface area contributed by atoms with Crippen LogP contribution >= 0.6 is 28.6 Å². The Hall–Kier alpha value is -1.01. The number of thiol groups is 1. The Kier molecular flexibility index (Phi) is 4.52. The lowest BCUT2D eigenvalue weighted by molar-refractivity contribution is -0.129. The van der Waals surface area contributed by atoms with Gasteiger partial charge in [-0.2, -0.15) is 0 Å². The highest BCUT2D eigenvalue weighted by Crippen LogP contribution is 2.21. The van der Waals surface area contributed by atoms with Crippen molar-refractivity contribution in [3.63, 3.8) is 0 Å². The maximum Gasteiger partial charge on any atom is 0.255 e. The van der Waals surface area contributed by atoms with Gasteiger partial charge in [-0.1, -0.05) is 15.9 Å². The first-order valence-electron chi connectivity index (χ1n) is 6.01. The second-order valence-electron chi connectivity index (χ2n) is 4.56. The van der Waals surface area contributed by atoms with E-state index in [0.717, 1.165) is 10.9 Å². The molecule has 0 bridgehead atoms. The highest BCUT2D eigenvalue weighted by molar-refractivity contribution is 9.10. The predicted molar refractivity (Wildman–Crippen MR) is 79.6 cm³/mol. The van der Waals surface area contributed by atoms with Crippen LogP contribution in [0.1, 0.15) is 16.8 Å². The van der Waals surface area contributed by atoms with Gasteiger partial charge in [0, 0.05) is 29.5 Å². The third-order valence-electron chi connectivity index (χ3n) is 3.15. The molecule has 0 unspecified atom stereocenters. The molecule has 1 aromatic carbocycles. The van der Waals surface area contributed by atoms with Gasteiger partial charge in [0.2, 0.25) is 5.91 Å². The molecule has 1 fully saturated rings. The maximum absolute atomic E-state index is 12.4. The average Bonchev–Trinajstić information content (AvgIpc) is 2.51. The number of nitrogens with zero attached hydrogens (tertiary/aromatic N) is 2. The summed E-state index contributed by atoms with van der Waals surface area (Å²) >= 11 is 7.66. The van der Waals surface area contributed by atoms with Crippen LogP contribution in [0.5, 0.6) is 0 Å². The average molecular weight is 343 g/mol. The van der Waals surface area contributed by atoms with E-state index in [-0.39, 0.29) is 18.4 Å². The van der Waals surface area contributed by atoms with Gasteiger partial charge in [-0.05, 0) is 24.6 Å². The molecule has 0 atom stereocenters. The van der Waals surface area contributed by atoms with Gasteiger partial charge in [0.1, 0.15) is 6.54 Å². The van der Waals surface area contributed by atoms with E-state index in [1.165, 1.54) is 0 Å². The zero-order chi connectivity index (χ0) is 14.0. The lowest BCUT2D eigenvalue weighted by Crippen LogP contribution is -2.38. The third-order valence-corrected chi connectivity index (χ3v) is 4.01. The van der Waals surface area contributed by atoms with E-state index >= 15 is 0 Å². The molecule has 1 heterocycles. The monoisotopic (exact) mass is 342 g/mol. The van der Waals surface area contributed by atoms with Crippen molar-refractivity contribution in [3.8, 4) is 0 Å². The van der Waals surface area contributed by atoms with Crippen molar-refractivity contribution in [2.24, 2.45) is 0 Å². The molecule has 19 heavy (non-hydrogen) atoms. The van der Waals surface area contributed by atoms with Crippen LogP contribution in [0.2, 0.25) is 0 Å². The van der Waals surface area contributed by atoms with Gasteiger partial charge in [0.15, 0.2) is 0 Å². The zero-order valence-electron chi connectivity index (χ0n) is 10.6. The van der Waals surface area contributed by atoms with Crippen molar-refractivity contribution in [2.45, 2.75) is 11.3 Å². The fourth-order valence-corrected chi connectivity index (χ4v) is 2.86. The zero-order valence-corrected chi connectivity index (χ0v) is 13.1. The van der Waals surface area contributed by atoms with Crippen molar-refractivity contribution in [1.29, 1.82) is 0 Å². The van der Waals surface area contributed by atoms with E-state index in [1.807, 2.05) is 0 Å². The van der Waals surface area contributed by atoms with E-state index in [4.69, 9.17) is 0 Å². The second kappa shape index (κ2) is 5.96. The summed E-state index contributed by atoms with van der Waals surface area (Å²) in [5, 5.41) is 0. The topological polar surface area (TPSA) is 40.6 Å². The van der Waals surface area contributed by atoms with E-state index in [1.54, 1.807) is 35.0 Å². The Labute approximate surface area is 126 Å². The summed E-state index contributed by atoms with van der Waals surface area (Å²) in [4.78, 5) is 28.1. The minimum Gasteiger partial charge on any atom is -0.344 e. The number of rotatable bonds is 1. The Balaban J connectivity index is 2.21. The molecular formula is C13H15BrN2O2S. The molecule has 0 N–H and O–H groups in total. The Morgan fingerprint density at radius 3 is 2.79 bits per heavy atom. The highest BCUT2D eigenvalue weighted by Gasteiger charge is 2.24.